The highest BCUT2D eigenvalue weighted by atomic mass is 33.1. The van der Waals surface area contributed by atoms with Gasteiger partial charge in [0.2, 0.25) is 8.87 Å². The van der Waals surface area contributed by atoms with E-state index in [0.29, 0.717) is 0 Å². The van der Waals surface area contributed by atoms with Crippen LogP contribution in [0.15, 0.2) is 23.1 Å². The Hall–Kier alpha value is -0.480. The minimum atomic E-state index is -3.36. The summed E-state index contributed by atoms with van der Waals surface area (Å²) in [5.74, 6) is 0. The monoisotopic (exact) mass is 202 g/mol. The molecule has 0 N–H and O–H groups in total. The average molecular weight is 202 g/mol. The Balaban J connectivity index is 3.39. The van der Waals surface area contributed by atoms with E-state index in [4.69, 9.17) is 0 Å². The highest BCUT2D eigenvalue weighted by molar-refractivity contribution is 8.63. The van der Waals surface area contributed by atoms with Crippen molar-refractivity contribution in [2.24, 2.45) is 0 Å². The number of hydrogen-bond acceptors (Lipinski definition) is 2. The van der Waals surface area contributed by atoms with Gasteiger partial charge in [-0.1, -0.05) is 17.7 Å². The second-order valence-electron chi connectivity index (χ2n) is 2.74. The quantitative estimate of drug-likeness (QED) is 0.557. The zero-order valence-electron chi connectivity index (χ0n) is 6.90. The van der Waals surface area contributed by atoms with Crippen molar-refractivity contribution in [2.45, 2.75) is 18.7 Å². The van der Waals surface area contributed by atoms with Crippen LogP contribution in [0.4, 0.5) is 0 Å². The van der Waals surface area contributed by atoms with Gasteiger partial charge in [0.05, 0.1) is 4.90 Å². The molecule has 12 heavy (non-hydrogen) atoms. The molecular formula is C8H10O2S2. The van der Waals surface area contributed by atoms with Gasteiger partial charge in [0, 0.05) is 0 Å². The van der Waals surface area contributed by atoms with Crippen molar-refractivity contribution in [2.75, 3.05) is 0 Å². The Labute approximate surface area is 77.3 Å². The molecular weight excluding hydrogens is 192 g/mol. The van der Waals surface area contributed by atoms with E-state index in [2.05, 4.69) is 11.7 Å². The molecule has 1 aromatic rings. The zero-order chi connectivity index (χ0) is 9.35. The summed E-state index contributed by atoms with van der Waals surface area (Å²) in [5.41, 5.74) is 1.79. The Morgan fingerprint density at radius 3 is 2.25 bits per heavy atom. The predicted octanol–water partition coefficient (Wildman–Crippen LogP) is 1.92. The molecule has 0 aliphatic heterocycles. The minimum absolute atomic E-state index is 0.288. The summed E-state index contributed by atoms with van der Waals surface area (Å²) in [6.07, 6.45) is 0. The van der Waals surface area contributed by atoms with E-state index in [0.717, 1.165) is 11.1 Å². The molecule has 0 spiro atoms. The molecule has 0 amide bonds. The number of aryl methyl sites for hydroxylation is 2. The molecule has 0 atom stereocenters. The molecule has 0 aromatic heterocycles. The van der Waals surface area contributed by atoms with Gasteiger partial charge in [-0.15, -0.1) is 0 Å². The molecule has 0 bridgehead atoms. The molecule has 1 rings (SSSR count). The molecule has 4 heteroatoms. The molecule has 0 heterocycles. The van der Waals surface area contributed by atoms with Crippen LogP contribution in [0.5, 0.6) is 0 Å². The molecule has 2 nitrogen and oxygen atoms in total. The third-order valence-corrected chi connectivity index (χ3v) is 3.21. The van der Waals surface area contributed by atoms with E-state index in [9.17, 15) is 8.42 Å². The first-order valence-electron chi connectivity index (χ1n) is 3.46. The van der Waals surface area contributed by atoms with Gasteiger partial charge in [-0.2, -0.15) is 0 Å². The number of rotatable bonds is 1. The fourth-order valence-electron chi connectivity index (χ4n) is 1.09. The molecule has 1 aromatic carbocycles. The predicted molar refractivity (Wildman–Crippen MR) is 52.1 cm³/mol. The van der Waals surface area contributed by atoms with Gasteiger partial charge < -0.3 is 0 Å². The first-order chi connectivity index (χ1) is 5.41. The van der Waals surface area contributed by atoms with E-state index in [1.165, 1.54) is 0 Å². The lowest BCUT2D eigenvalue weighted by Gasteiger charge is -2.02. The summed E-state index contributed by atoms with van der Waals surface area (Å²) in [5, 5.41) is 0. The summed E-state index contributed by atoms with van der Waals surface area (Å²) < 4.78 is 22.1. The number of benzene rings is 1. The minimum Gasteiger partial charge on any atom is -0.212 e. The smallest absolute Gasteiger partial charge is 0.212 e. The fraction of sp³-hybridized carbons (Fsp3) is 0.250. The van der Waals surface area contributed by atoms with Crippen LogP contribution in [0, 0.1) is 13.8 Å². The van der Waals surface area contributed by atoms with Crippen LogP contribution in [0.1, 0.15) is 11.1 Å². The van der Waals surface area contributed by atoms with Crippen molar-refractivity contribution in [3.05, 3.63) is 29.3 Å². The maximum atomic E-state index is 11.0. The molecule has 0 aliphatic carbocycles. The summed E-state index contributed by atoms with van der Waals surface area (Å²) in [6.45, 7) is 3.68. The van der Waals surface area contributed by atoms with Crippen molar-refractivity contribution in [3.8, 4) is 0 Å². The van der Waals surface area contributed by atoms with Crippen LogP contribution in [0.3, 0.4) is 0 Å². The van der Waals surface area contributed by atoms with Crippen LogP contribution in [0.2, 0.25) is 0 Å². The standard InChI is InChI=1S/C8H10O2S2/c1-6-3-4-8(7(2)5-6)12(9,10)11/h3-5H,1-2H3,(H,9,10,11). The van der Waals surface area contributed by atoms with Crippen LogP contribution >= 0.6 is 11.7 Å². The lowest BCUT2D eigenvalue weighted by Crippen LogP contribution is -1.94. The Morgan fingerprint density at radius 1 is 1.25 bits per heavy atom. The summed E-state index contributed by atoms with van der Waals surface area (Å²) in [7, 11) is -3.36. The maximum absolute atomic E-state index is 11.0. The van der Waals surface area contributed by atoms with E-state index in [-0.39, 0.29) is 4.90 Å². The van der Waals surface area contributed by atoms with Gasteiger partial charge >= 0.3 is 0 Å². The van der Waals surface area contributed by atoms with Crippen LogP contribution < -0.4 is 0 Å². The Morgan fingerprint density at radius 2 is 1.83 bits per heavy atom. The van der Waals surface area contributed by atoms with Crippen LogP contribution in [-0.4, -0.2) is 8.42 Å². The summed E-state index contributed by atoms with van der Waals surface area (Å²) in [4.78, 5) is 0.288. The van der Waals surface area contributed by atoms with Gasteiger partial charge in [-0.25, -0.2) is 8.42 Å². The fourth-order valence-corrected chi connectivity index (χ4v) is 2.41. The van der Waals surface area contributed by atoms with E-state index < -0.39 is 8.87 Å². The molecule has 0 unspecified atom stereocenters. The topological polar surface area (TPSA) is 34.1 Å². The molecule has 0 saturated heterocycles. The SMILES string of the molecule is Cc1ccc(S(=O)(=O)S)c(C)c1. The van der Waals surface area contributed by atoms with Gasteiger partial charge in [0.25, 0.3) is 0 Å². The lowest BCUT2D eigenvalue weighted by atomic mass is 10.2. The van der Waals surface area contributed by atoms with Gasteiger partial charge in [-0.05, 0) is 37.1 Å². The second kappa shape index (κ2) is 3.11. The second-order valence-corrected chi connectivity index (χ2v) is 5.58. The lowest BCUT2D eigenvalue weighted by molar-refractivity contribution is 0.610. The molecule has 0 fully saturated rings. The third kappa shape index (κ3) is 2.01. The molecule has 0 radical (unpaired) electrons. The Kier molecular flexibility index (Phi) is 2.49. The van der Waals surface area contributed by atoms with Crippen molar-refractivity contribution in [1.82, 2.24) is 0 Å². The number of thiol groups is 1. The zero-order valence-corrected chi connectivity index (χ0v) is 8.61. The van der Waals surface area contributed by atoms with E-state index in [1.54, 1.807) is 19.1 Å². The van der Waals surface area contributed by atoms with E-state index >= 15 is 0 Å². The van der Waals surface area contributed by atoms with Crippen LogP contribution in [-0.2, 0) is 8.87 Å². The van der Waals surface area contributed by atoms with Crippen molar-refractivity contribution in [3.63, 3.8) is 0 Å². The largest absolute Gasteiger partial charge is 0.227 e. The van der Waals surface area contributed by atoms with Gasteiger partial charge in [0.15, 0.2) is 0 Å². The summed E-state index contributed by atoms with van der Waals surface area (Å²) >= 11 is 3.52. The molecule has 0 aliphatic rings. The number of hydrogen-bond donors (Lipinski definition) is 1. The van der Waals surface area contributed by atoms with Crippen molar-refractivity contribution < 1.29 is 8.42 Å². The van der Waals surface area contributed by atoms with Gasteiger partial charge in [-0.3, -0.25) is 0 Å². The van der Waals surface area contributed by atoms with Crippen molar-refractivity contribution in [1.29, 1.82) is 0 Å². The Bertz CT molecular complexity index is 394. The highest BCUT2D eigenvalue weighted by Crippen LogP contribution is 2.19. The highest BCUT2D eigenvalue weighted by Gasteiger charge is 2.10. The van der Waals surface area contributed by atoms with Crippen LogP contribution in [0.25, 0.3) is 0 Å². The third-order valence-electron chi connectivity index (χ3n) is 1.61. The van der Waals surface area contributed by atoms with Gasteiger partial charge in [0.1, 0.15) is 0 Å². The average Bonchev–Trinajstić information content (AvgIpc) is 1.83. The summed E-state index contributed by atoms with van der Waals surface area (Å²) in [6, 6.07) is 5.16. The molecule has 0 saturated carbocycles. The van der Waals surface area contributed by atoms with Crippen molar-refractivity contribution >= 4 is 20.5 Å². The first-order valence-corrected chi connectivity index (χ1v) is 5.99. The first kappa shape index (κ1) is 9.61. The molecule has 66 valence electrons. The normalized spacial score (nSPS) is 11.6. The maximum Gasteiger partial charge on any atom is 0.227 e. The van der Waals surface area contributed by atoms with E-state index in [1.807, 2.05) is 13.0 Å².